The Morgan fingerprint density at radius 2 is 2.00 bits per heavy atom. The lowest BCUT2D eigenvalue weighted by molar-refractivity contribution is -0.142. The van der Waals surface area contributed by atoms with Gasteiger partial charge in [0.15, 0.2) is 0 Å². The minimum absolute atomic E-state index is 0.242. The highest BCUT2D eigenvalue weighted by molar-refractivity contribution is 5.69. The van der Waals surface area contributed by atoms with Gasteiger partial charge in [0.05, 0.1) is 5.92 Å². The van der Waals surface area contributed by atoms with Crippen LogP contribution in [0.15, 0.2) is 0 Å². The van der Waals surface area contributed by atoms with Crippen LogP contribution < -0.4 is 0 Å². The van der Waals surface area contributed by atoms with E-state index in [4.69, 9.17) is 5.11 Å². The fourth-order valence-corrected chi connectivity index (χ4v) is 2.59. The maximum absolute atomic E-state index is 10.9. The Hall–Kier alpha value is -0.570. The zero-order valence-electron chi connectivity index (χ0n) is 10.6. The van der Waals surface area contributed by atoms with Gasteiger partial charge in [-0.15, -0.1) is 0 Å². The molecule has 16 heavy (non-hydrogen) atoms. The van der Waals surface area contributed by atoms with Crippen LogP contribution in [0, 0.1) is 5.92 Å². The molecule has 1 aliphatic carbocycles. The van der Waals surface area contributed by atoms with Crippen LogP contribution in [0.1, 0.15) is 52.4 Å². The predicted molar refractivity (Wildman–Crippen MR) is 65.5 cm³/mol. The minimum Gasteiger partial charge on any atom is -0.481 e. The summed E-state index contributed by atoms with van der Waals surface area (Å²) in [6.45, 7) is 5.74. The van der Waals surface area contributed by atoms with Gasteiger partial charge in [-0.1, -0.05) is 33.1 Å². The average Bonchev–Trinajstić information content (AvgIpc) is 2.29. The van der Waals surface area contributed by atoms with Gasteiger partial charge >= 0.3 is 5.97 Å². The molecular weight excluding hydrogens is 202 g/mol. The second kappa shape index (κ2) is 6.89. The van der Waals surface area contributed by atoms with Crippen molar-refractivity contribution in [1.82, 2.24) is 4.90 Å². The molecular formula is C13H25NO2. The molecule has 0 aliphatic heterocycles. The van der Waals surface area contributed by atoms with Gasteiger partial charge in [0, 0.05) is 12.6 Å². The van der Waals surface area contributed by atoms with Crippen LogP contribution >= 0.6 is 0 Å². The molecule has 0 aromatic heterocycles. The van der Waals surface area contributed by atoms with E-state index < -0.39 is 5.97 Å². The van der Waals surface area contributed by atoms with Crippen LogP contribution in [0.25, 0.3) is 0 Å². The zero-order valence-corrected chi connectivity index (χ0v) is 10.6. The average molecular weight is 227 g/mol. The van der Waals surface area contributed by atoms with Crippen LogP contribution in [0.2, 0.25) is 0 Å². The Morgan fingerprint density at radius 3 is 2.50 bits per heavy atom. The summed E-state index contributed by atoms with van der Waals surface area (Å²) in [7, 11) is 0. The highest BCUT2D eigenvalue weighted by atomic mass is 16.4. The maximum atomic E-state index is 10.9. The molecule has 1 saturated carbocycles. The van der Waals surface area contributed by atoms with Gasteiger partial charge in [-0.05, 0) is 25.8 Å². The van der Waals surface area contributed by atoms with E-state index in [9.17, 15) is 4.79 Å². The van der Waals surface area contributed by atoms with Crippen molar-refractivity contribution in [2.45, 2.75) is 58.4 Å². The summed E-state index contributed by atoms with van der Waals surface area (Å²) in [5.41, 5.74) is 0. The van der Waals surface area contributed by atoms with Crippen molar-refractivity contribution in [2.75, 3.05) is 13.1 Å². The fourth-order valence-electron chi connectivity index (χ4n) is 2.59. The number of rotatable bonds is 6. The van der Waals surface area contributed by atoms with Crippen LogP contribution in [0.4, 0.5) is 0 Å². The van der Waals surface area contributed by atoms with E-state index in [1.165, 1.54) is 32.1 Å². The van der Waals surface area contributed by atoms with E-state index in [-0.39, 0.29) is 5.92 Å². The number of aliphatic carboxylic acids is 1. The summed E-state index contributed by atoms with van der Waals surface area (Å²) in [4.78, 5) is 13.3. The first kappa shape index (κ1) is 13.5. The summed E-state index contributed by atoms with van der Waals surface area (Å²) in [6.07, 6.45) is 7.60. The minimum atomic E-state index is -0.670. The van der Waals surface area contributed by atoms with Crippen molar-refractivity contribution in [3.05, 3.63) is 0 Å². The molecule has 3 heteroatoms. The Labute approximate surface area is 98.8 Å². The Morgan fingerprint density at radius 1 is 1.38 bits per heavy atom. The molecule has 0 radical (unpaired) electrons. The van der Waals surface area contributed by atoms with E-state index in [0.717, 1.165) is 13.0 Å². The van der Waals surface area contributed by atoms with Crippen LogP contribution in [0.3, 0.4) is 0 Å². The fraction of sp³-hybridized carbons (Fsp3) is 0.923. The number of hydrogen-bond acceptors (Lipinski definition) is 2. The molecule has 0 aromatic rings. The van der Waals surface area contributed by atoms with Crippen molar-refractivity contribution < 1.29 is 9.90 Å². The quantitative estimate of drug-likeness (QED) is 0.758. The van der Waals surface area contributed by atoms with E-state index in [1.54, 1.807) is 0 Å². The Kier molecular flexibility index (Phi) is 5.81. The molecule has 1 rings (SSSR count). The summed E-state index contributed by atoms with van der Waals surface area (Å²) < 4.78 is 0. The summed E-state index contributed by atoms with van der Waals surface area (Å²) >= 11 is 0. The molecule has 0 aromatic carbocycles. The molecule has 3 nitrogen and oxygen atoms in total. The second-order valence-electron chi connectivity index (χ2n) is 5.03. The third-order valence-electron chi connectivity index (χ3n) is 3.53. The predicted octanol–water partition coefficient (Wildman–Crippen LogP) is 2.75. The van der Waals surface area contributed by atoms with E-state index >= 15 is 0 Å². The molecule has 94 valence electrons. The van der Waals surface area contributed by atoms with Crippen molar-refractivity contribution in [3.63, 3.8) is 0 Å². The number of carbonyl (C=O) groups is 1. The third kappa shape index (κ3) is 4.12. The van der Waals surface area contributed by atoms with Gasteiger partial charge in [0.1, 0.15) is 0 Å². The first-order valence-corrected chi connectivity index (χ1v) is 6.62. The van der Waals surface area contributed by atoms with Gasteiger partial charge in [-0.3, -0.25) is 9.69 Å². The first-order valence-electron chi connectivity index (χ1n) is 6.62. The number of carboxylic acids is 1. The molecule has 0 saturated heterocycles. The second-order valence-corrected chi connectivity index (χ2v) is 5.03. The third-order valence-corrected chi connectivity index (χ3v) is 3.53. The molecule has 0 spiro atoms. The monoisotopic (exact) mass is 227 g/mol. The van der Waals surface area contributed by atoms with Gasteiger partial charge < -0.3 is 5.11 Å². The van der Waals surface area contributed by atoms with Gasteiger partial charge in [-0.2, -0.15) is 0 Å². The van der Waals surface area contributed by atoms with Crippen molar-refractivity contribution in [1.29, 1.82) is 0 Å². The molecule has 1 aliphatic rings. The smallest absolute Gasteiger partial charge is 0.307 e. The van der Waals surface area contributed by atoms with Crippen molar-refractivity contribution in [3.8, 4) is 0 Å². The van der Waals surface area contributed by atoms with Crippen molar-refractivity contribution >= 4 is 5.97 Å². The number of hydrogen-bond donors (Lipinski definition) is 1. The lowest BCUT2D eigenvalue weighted by Crippen LogP contribution is -2.41. The van der Waals surface area contributed by atoms with Crippen LogP contribution in [0.5, 0.6) is 0 Å². The van der Waals surface area contributed by atoms with Gasteiger partial charge in [0.2, 0.25) is 0 Å². The highest BCUT2D eigenvalue weighted by Gasteiger charge is 2.23. The van der Waals surface area contributed by atoms with E-state index in [0.29, 0.717) is 12.6 Å². The number of carboxylic acid groups (broad SMARTS) is 1. The zero-order chi connectivity index (χ0) is 12.0. The van der Waals surface area contributed by atoms with Crippen LogP contribution in [-0.4, -0.2) is 35.1 Å². The standard InChI is InChI=1S/C13H25NO2/c1-3-9-14(10-11(2)13(15)16)12-7-5-4-6-8-12/h11-12H,3-10H2,1-2H3,(H,15,16). The Balaban J connectivity index is 2.48. The molecule has 1 atom stereocenters. The maximum Gasteiger partial charge on any atom is 0.307 e. The topological polar surface area (TPSA) is 40.5 Å². The summed E-state index contributed by atoms with van der Waals surface area (Å²) in [5.74, 6) is -0.912. The Bertz CT molecular complexity index is 212. The van der Waals surface area contributed by atoms with E-state index in [1.807, 2.05) is 6.92 Å². The SMILES string of the molecule is CCCN(CC(C)C(=O)O)C1CCCCC1. The first-order chi connectivity index (χ1) is 7.65. The largest absolute Gasteiger partial charge is 0.481 e. The normalized spacial score (nSPS) is 19.9. The summed E-state index contributed by atoms with van der Waals surface area (Å²) in [5, 5.41) is 8.97. The highest BCUT2D eigenvalue weighted by Crippen LogP contribution is 2.23. The number of nitrogens with zero attached hydrogens (tertiary/aromatic N) is 1. The van der Waals surface area contributed by atoms with Crippen LogP contribution in [-0.2, 0) is 4.79 Å². The molecule has 1 unspecified atom stereocenters. The van der Waals surface area contributed by atoms with Gasteiger partial charge in [0.25, 0.3) is 0 Å². The lowest BCUT2D eigenvalue weighted by atomic mass is 9.93. The van der Waals surface area contributed by atoms with E-state index in [2.05, 4.69) is 11.8 Å². The molecule has 0 bridgehead atoms. The lowest BCUT2D eigenvalue weighted by Gasteiger charge is -2.35. The molecule has 0 heterocycles. The van der Waals surface area contributed by atoms with Gasteiger partial charge in [-0.25, -0.2) is 0 Å². The molecule has 1 N–H and O–H groups in total. The molecule has 1 fully saturated rings. The summed E-state index contributed by atoms with van der Waals surface area (Å²) in [6, 6.07) is 0.635. The molecule has 0 amide bonds. The van der Waals surface area contributed by atoms with Crippen molar-refractivity contribution in [2.24, 2.45) is 5.92 Å².